The van der Waals surface area contributed by atoms with Crippen molar-refractivity contribution >= 4 is 52.3 Å². The van der Waals surface area contributed by atoms with Gasteiger partial charge in [-0.05, 0) is 90.4 Å². The number of benzene rings is 2. The zero-order valence-electron chi connectivity index (χ0n) is 25.6. The van der Waals surface area contributed by atoms with Gasteiger partial charge in [-0.3, -0.25) is 0 Å². The van der Waals surface area contributed by atoms with Gasteiger partial charge in [0.05, 0.1) is 22.9 Å². The zero-order valence-corrected chi connectivity index (χ0v) is 26.5. The largest absolute Gasteiger partial charge is 0.489 e. The third kappa shape index (κ3) is 6.90. The monoisotopic (exact) mass is 589 g/mol. The number of rotatable bonds is 11. The Bertz CT molecular complexity index is 1560. The van der Waals surface area contributed by atoms with Crippen molar-refractivity contribution in [3.63, 3.8) is 0 Å². The van der Waals surface area contributed by atoms with Gasteiger partial charge < -0.3 is 34.7 Å². The second-order valence-corrected chi connectivity index (χ2v) is 15.0. The number of aromatic nitrogens is 3. The van der Waals surface area contributed by atoms with E-state index in [1.165, 1.54) is 6.42 Å². The summed E-state index contributed by atoms with van der Waals surface area (Å²) in [7, 11) is -0.255. The van der Waals surface area contributed by atoms with E-state index < -0.39 is 7.14 Å². The van der Waals surface area contributed by atoms with Crippen LogP contribution < -0.4 is 25.6 Å². The molecular formula is C32H44N7O2P. The molecule has 224 valence electrons. The number of nitrogens with one attached hydrogen (secondary N) is 3. The number of ether oxygens (including phenoxy) is 1. The van der Waals surface area contributed by atoms with Crippen molar-refractivity contribution in [2.45, 2.75) is 52.2 Å². The molecule has 0 unspecified atom stereocenters. The van der Waals surface area contributed by atoms with Crippen LogP contribution in [0.1, 0.15) is 40.0 Å². The number of para-hydroxylation sites is 1. The predicted octanol–water partition coefficient (Wildman–Crippen LogP) is 6.79. The van der Waals surface area contributed by atoms with Crippen LogP contribution in [0.2, 0.25) is 0 Å². The Kier molecular flexibility index (Phi) is 9.09. The normalized spacial score (nSPS) is 14.6. The first-order valence-corrected chi connectivity index (χ1v) is 17.5. The molecule has 0 saturated carbocycles. The van der Waals surface area contributed by atoms with Gasteiger partial charge in [0.2, 0.25) is 5.95 Å². The van der Waals surface area contributed by atoms with Crippen molar-refractivity contribution < 1.29 is 9.30 Å². The fourth-order valence-corrected chi connectivity index (χ4v) is 6.84. The Balaban J connectivity index is 1.40. The van der Waals surface area contributed by atoms with Crippen LogP contribution in [0.3, 0.4) is 0 Å². The van der Waals surface area contributed by atoms with E-state index >= 15 is 0 Å². The quantitative estimate of drug-likeness (QED) is 0.165. The van der Waals surface area contributed by atoms with E-state index in [1.54, 1.807) is 13.3 Å². The van der Waals surface area contributed by atoms with Gasteiger partial charge in [-0.2, -0.15) is 9.97 Å². The number of aromatic amines is 1. The Morgan fingerprint density at radius 3 is 2.57 bits per heavy atom. The molecule has 5 rings (SSSR count). The highest BCUT2D eigenvalue weighted by atomic mass is 31.2. The van der Waals surface area contributed by atoms with Crippen LogP contribution in [-0.4, -0.2) is 72.0 Å². The molecule has 3 N–H and O–H groups in total. The maximum absolute atomic E-state index is 13.0. The Morgan fingerprint density at radius 2 is 1.86 bits per heavy atom. The second-order valence-electron chi connectivity index (χ2n) is 11.8. The first kappa shape index (κ1) is 29.9. The summed E-state index contributed by atoms with van der Waals surface area (Å²) in [5.74, 6) is 1.94. The van der Waals surface area contributed by atoms with Gasteiger partial charge >= 0.3 is 0 Å². The van der Waals surface area contributed by atoms with Crippen LogP contribution in [0.25, 0.3) is 11.0 Å². The third-order valence-electron chi connectivity index (χ3n) is 7.74. The minimum Gasteiger partial charge on any atom is -0.489 e. The van der Waals surface area contributed by atoms with Gasteiger partial charge in [0.15, 0.2) is 0 Å². The standard InChI is InChI=1S/C32H44N7O2P/c1-7-18-38(4)24-15-19-39(20-16-24)27-13-12-23(21-28(27)41-22(2)3)34-32-36-30-25(14-17-33-30)31(37-32)35-26-10-8-9-11-29(26)42(5,6)40/h8-14,17,21-22,24H,7,15-16,18-20H2,1-6H3,(H3,33,34,35,36,37). The summed E-state index contributed by atoms with van der Waals surface area (Å²) in [6.07, 6.45) is 5.36. The van der Waals surface area contributed by atoms with Gasteiger partial charge in [0.25, 0.3) is 0 Å². The van der Waals surface area contributed by atoms with E-state index in [-0.39, 0.29) is 6.10 Å². The van der Waals surface area contributed by atoms with Gasteiger partial charge in [-0.15, -0.1) is 0 Å². The lowest BCUT2D eigenvalue weighted by atomic mass is 10.0. The van der Waals surface area contributed by atoms with Crippen molar-refractivity contribution in [3.8, 4) is 5.75 Å². The smallest absolute Gasteiger partial charge is 0.231 e. The summed E-state index contributed by atoms with van der Waals surface area (Å²) in [6, 6.07) is 16.5. The molecule has 4 aromatic rings. The molecule has 1 aliphatic heterocycles. The molecule has 1 saturated heterocycles. The highest BCUT2D eigenvalue weighted by Gasteiger charge is 2.25. The Hall–Kier alpha value is -3.55. The molecule has 0 amide bonds. The first-order valence-electron chi connectivity index (χ1n) is 14.9. The number of fused-ring (bicyclic) bond motifs is 1. The number of nitrogens with zero attached hydrogens (tertiary/aromatic N) is 4. The number of H-pyrrole nitrogens is 1. The van der Waals surface area contributed by atoms with E-state index in [0.29, 0.717) is 23.5 Å². The molecule has 0 spiro atoms. The fourth-order valence-electron chi connectivity index (χ4n) is 5.68. The molecule has 2 aromatic heterocycles. The topological polar surface area (TPSA) is 98.4 Å². The molecule has 1 fully saturated rings. The maximum Gasteiger partial charge on any atom is 0.231 e. The number of piperidine rings is 1. The molecule has 10 heteroatoms. The van der Waals surface area contributed by atoms with E-state index in [1.807, 2.05) is 42.6 Å². The van der Waals surface area contributed by atoms with Gasteiger partial charge in [-0.1, -0.05) is 19.1 Å². The molecule has 42 heavy (non-hydrogen) atoms. The maximum atomic E-state index is 13.0. The molecule has 3 heterocycles. The summed E-state index contributed by atoms with van der Waals surface area (Å²) in [5.41, 5.74) is 3.44. The van der Waals surface area contributed by atoms with Crippen molar-refractivity contribution in [2.75, 3.05) is 55.5 Å². The fraction of sp³-hybridized carbons (Fsp3) is 0.438. The summed E-state index contributed by atoms with van der Waals surface area (Å²) >= 11 is 0. The van der Waals surface area contributed by atoms with Gasteiger partial charge in [-0.25, -0.2) is 0 Å². The minimum absolute atomic E-state index is 0.0442. The van der Waals surface area contributed by atoms with Crippen molar-refractivity contribution in [1.82, 2.24) is 19.9 Å². The van der Waals surface area contributed by atoms with Crippen molar-refractivity contribution in [3.05, 3.63) is 54.7 Å². The molecular weight excluding hydrogens is 545 g/mol. The summed E-state index contributed by atoms with van der Waals surface area (Å²) < 4.78 is 19.3. The lowest BCUT2D eigenvalue weighted by Gasteiger charge is -2.38. The second kappa shape index (κ2) is 12.8. The molecule has 0 radical (unpaired) electrons. The lowest BCUT2D eigenvalue weighted by molar-refractivity contribution is 0.207. The van der Waals surface area contributed by atoms with Crippen molar-refractivity contribution in [2.24, 2.45) is 0 Å². The Morgan fingerprint density at radius 1 is 1.10 bits per heavy atom. The predicted molar refractivity (Wildman–Crippen MR) is 176 cm³/mol. The molecule has 0 aliphatic carbocycles. The zero-order chi connectivity index (χ0) is 29.9. The molecule has 0 bridgehead atoms. The minimum atomic E-state index is -2.50. The SMILES string of the molecule is CCCN(C)C1CCN(c2ccc(Nc3nc(Nc4ccccc4P(C)(C)=O)c4cc[nH]c4n3)cc2OC(C)C)CC1. The van der Waals surface area contributed by atoms with Gasteiger partial charge in [0, 0.05) is 42.4 Å². The summed E-state index contributed by atoms with van der Waals surface area (Å²) in [5, 5.41) is 8.46. The number of hydrogen-bond acceptors (Lipinski definition) is 8. The number of anilines is 5. The molecule has 2 aromatic carbocycles. The highest BCUT2D eigenvalue weighted by molar-refractivity contribution is 7.70. The van der Waals surface area contributed by atoms with Crippen LogP contribution in [0, 0.1) is 0 Å². The van der Waals surface area contributed by atoms with E-state index in [2.05, 4.69) is 65.4 Å². The molecule has 1 aliphatic rings. The van der Waals surface area contributed by atoms with Crippen LogP contribution in [0.15, 0.2) is 54.7 Å². The van der Waals surface area contributed by atoms with Gasteiger partial charge in [0.1, 0.15) is 24.4 Å². The first-order chi connectivity index (χ1) is 20.1. The lowest BCUT2D eigenvalue weighted by Crippen LogP contribution is -2.43. The third-order valence-corrected chi connectivity index (χ3v) is 9.29. The van der Waals surface area contributed by atoms with Crippen LogP contribution in [-0.2, 0) is 4.57 Å². The van der Waals surface area contributed by atoms with E-state index in [0.717, 1.165) is 66.0 Å². The average Bonchev–Trinajstić information content (AvgIpc) is 3.42. The van der Waals surface area contributed by atoms with Crippen LogP contribution in [0.5, 0.6) is 5.75 Å². The van der Waals surface area contributed by atoms with Crippen molar-refractivity contribution in [1.29, 1.82) is 0 Å². The highest BCUT2D eigenvalue weighted by Crippen LogP contribution is 2.39. The summed E-state index contributed by atoms with van der Waals surface area (Å²) in [6.45, 7) is 13.1. The average molecular weight is 590 g/mol. The molecule has 9 nitrogen and oxygen atoms in total. The Labute approximate surface area is 249 Å². The van der Waals surface area contributed by atoms with Crippen LogP contribution >= 0.6 is 7.14 Å². The number of hydrogen-bond donors (Lipinski definition) is 3. The molecule has 0 atom stereocenters. The van der Waals surface area contributed by atoms with E-state index in [4.69, 9.17) is 14.7 Å². The van der Waals surface area contributed by atoms with E-state index in [9.17, 15) is 4.57 Å². The van der Waals surface area contributed by atoms with Crippen LogP contribution in [0.4, 0.5) is 28.8 Å². The summed E-state index contributed by atoms with van der Waals surface area (Å²) in [4.78, 5) is 17.7.